The molecular formula is C16H20N2O4. The quantitative estimate of drug-likeness (QED) is 0.825. The average molecular weight is 304 g/mol. The van der Waals surface area contributed by atoms with Gasteiger partial charge < -0.3 is 19.7 Å². The summed E-state index contributed by atoms with van der Waals surface area (Å²) in [7, 11) is 3.98. The molecular weight excluding hydrogens is 284 g/mol. The van der Waals surface area contributed by atoms with Gasteiger partial charge in [0.2, 0.25) is 5.91 Å². The molecule has 0 radical (unpaired) electrons. The SMILES string of the molecule is CC(=O)Nc1cc2ccc(CCCN(C)C)c(O)c2oc1=O. The molecule has 0 aliphatic heterocycles. The van der Waals surface area contributed by atoms with Crippen LogP contribution >= 0.6 is 0 Å². The molecule has 6 nitrogen and oxygen atoms in total. The van der Waals surface area contributed by atoms with E-state index in [1.54, 1.807) is 6.07 Å². The van der Waals surface area contributed by atoms with Gasteiger partial charge in [0, 0.05) is 12.3 Å². The third-order valence-electron chi connectivity index (χ3n) is 3.32. The third-order valence-corrected chi connectivity index (χ3v) is 3.32. The van der Waals surface area contributed by atoms with Gasteiger partial charge in [0.1, 0.15) is 5.69 Å². The van der Waals surface area contributed by atoms with Crippen molar-refractivity contribution in [2.24, 2.45) is 0 Å². The van der Waals surface area contributed by atoms with Crippen LogP contribution in [0.3, 0.4) is 0 Å². The van der Waals surface area contributed by atoms with Crippen LogP contribution in [0, 0.1) is 0 Å². The fourth-order valence-corrected chi connectivity index (χ4v) is 2.27. The molecule has 2 N–H and O–H groups in total. The molecule has 1 amide bonds. The Balaban J connectivity index is 2.35. The third kappa shape index (κ3) is 3.65. The van der Waals surface area contributed by atoms with Crippen molar-refractivity contribution in [3.8, 4) is 5.75 Å². The number of nitrogens with one attached hydrogen (secondary N) is 1. The van der Waals surface area contributed by atoms with Crippen molar-refractivity contribution >= 4 is 22.6 Å². The molecule has 0 unspecified atom stereocenters. The van der Waals surface area contributed by atoms with E-state index in [0.29, 0.717) is 11.8 Å². The lowest BCUT2D eigenvalue weighted by molar-refractivity contribution is -0.114. The Morgan fingerprint density at radius 2 is 2.09 bits per heavy atom. The van der Waals surface area contributed by atoms with Crippen LogP contribution in [0.4, 0.5) is 5.69 Å². The van der Waals surface area contributed by atoms with E-state index < -0.39 is 5.63 Å². The fraction of sp³-hybridized carbons (Fsp3) is 0.375. The zero-order chi connectivity index (χ0) is 16.3. The summed E-state index contributed by atoms with van der Waals surface area (Å²) in [5, 5.41) is 13.3. The summed E-state index contributed by atoms with van der Waals surface area (Å²) >= 11 is 0. The number of aryl methyl sites for hydroxylation is 1. The molecule has 6 heteroatoms. The number of nitrogens with zero attached hydrogens (tertiary/aromatic N) is 1. The van der Waals surface area contributed by atoms with Gasteiger partial charge in [0.15, 0.2) is 11.3 Å². The fourth-order valence-electron chi connectivity index (χ4n) is 2.27. The molecule has 1 aromatic carbocycles. The Labute approximate surface area is 128 Å². The summed E-state index contributed by atoms with van der Waals surface area (Å²) in [6.07, 6.45) is 1.58. The Morgan fingerprint density at radius 3 is 2.73 bits per heavy atom. The summed E-state index contributed by atoms with van der Waals surface area (Å²) in [4.78, 5) is 25.0. The van der Waals surface area contributed by atoms with Crippen molar-refractivity contribution in [3.05, 3.63) is 34.2 Å². The van der Waals surface area contributed by atoms with Gasteiger partial charge >= 0.3 is 5.63 Å². The van der Waals surface area contributed by atoms with Gasteiger partial charge in [-0.25, -0.2) is 4.79 Å². The van der Waals surface area contributed by atoms with Crippen molar-refractivity contribution < 1.29 is 14.3 Å². The van der Waals surface area contributed by atoms with Crippen molar-refractivity contribution in [2.75, 3.05) is 26.0 Å². The van der Waals surface area contributed by atoms with Crippen LogP contribution in [0.15, 0.2) is 27.4 Å². The number of hydrogen-bond acceptors (Lipinski definition) is 5. The molecule has 0 aliphatic carbocycles. The van der Waals surface area contributed by atoms with Gasteiger partial charge in [0.25, 0.3) is 0 Å². The molecule has 22 heavy (non-hydrogen) atoms. The van der Waals surface area contributed by atoms with Crippen molar-refractivity contribution in [2.45, 2.75) is 19.8 Å². The number of aromatic hydroxyl groups is 1. The number of carbonyl (C=O) groups is 1. The van der Waals surface area contributed by atoms with E-state index in [9.17, 15) is 14.7 Å². The van der Waals surface area contributed by atoms with E-state index in [-0.39, 0.29) is 22.9 Å². The largest absolute Gasteiger partial charge is 0.504 e. The monoisotopic (exact) mass is 304 g/mol. The summed E-state index contributed by atoms with van der Waals surface area (Å²) in [5.74, 6) is -0.362. The zero-order valence-corrected chi connectivity index (χ0v) is 13.0. The van der Waals surface area contributed by atoms with Gasteiger partial charge in [-0.1, -0.05) is 12.1 Å². The first-order valence-electron chi connectivity index (χ1n) is 7.09. The van der Waals surface area contributed by atoms with E-state index in [0.717, 1.165) is 18.5 Å². The topological polar surface area (TPSA) is 82.8 Å². The first kappa shape index (κ1) is 16.0. The van der Waals surface area contributed by atoms with Crippen LogP contribution in [-0.4, -0.2) is 36.6 Å². The van der Waals surface area contributed by atoms with Gasteiger partial charge in [0.05, 0.1) is 0 Å². The number of rotatable bonds is 5. The number of phenolic OH excluding ortho intramolecular Hbond substituents is 1. The lowest BCUT2D eigenvalue weighted by atomic mass is 10.1. The number of carbonyl (C=O) groups excluding carboxylic acids is 1. The second-order valence-corrected chi connectivity index (χ2v) is 5.53. The molecule has 0 saturated heterocycles. The maximum absolute atomic E-state index is 11.8. The molecule has 118 valence electrons. The molecule has 0 atom stereocenters. The number of amides is 1. The lowest BCUT2D eigenvalue weighted by Gasteiger charge is -2.11. The minimum Gasteiger partial charge on any atom is -0.504 e. The molecule has 1 aromatic heterocycles. The summed E-state index contributed by atoms with van der Waals surface area (Å²) in [5.41, 5.74) is 0.287. The number of phenols is 1. The van der Waals surface area contributed by atoms with E-state index >= 15 is 0 Å². The lowest BCUT2D eigenvalue weighted by Crippen LogP contribution is -2.14. The molecule has 0 aliphatic rings. The highest BCUT2D eigenvalue weighted by Crippen LogP contribution is 2.29. The first-order valence-corrected chi connectivity index (χ1v) is 7.09. The minimum atomic E-state index is -0.677. The molecule has 0 saturated carbocycles. The second kappa shape index (κ2) is 6.62. The first-order chi connectivity index (χ1) is 10.4. The van der Waals surface area contributed by atoms with Crippen molar-refractivity contribution in [1.29, 1.82) is 0 Å². The Bertz CT molecular complexity index is 750. The van der Waals surface area contributed by atoms with Gasteiger partial charge in [-0.2, -0.15) is 0 Å². The van der Waals surface area contributed by atoms with Gasteiger partial charge in [-0.05, 0) is 45.1 Å². The normalized spacial score (nSPS) is 11.1. The van der Waals surface area contributed by atoms with Crippen LogP contribution in [0.1, 0.15) is 18.9 Å². The van der Waals surface area contributed by atoms with E-state index in [1.807, 2.05) is 20.2 Å². The number of hydrogen-bond donors (Lipinski definition) is 2. The van der Waals surface area contributed by atoms with Crippen LogP contribution in [0.2, 0.25) is 0 Å². The van der Waals surface area contributed by atoms with Crippen LogP contribution in [0.5, 0.6) is 5.75 Å². The highest BCUT2D eigenvalue weighted by atomic mass is 16.4. The standard InChI is InChI=1S/C16H20N2O4/c1-10(19)17-13-9-12-7-6-11(5-4-8-18(2)3)14(20)15(12)22-16(13)21/h6-7,9,20H,4-5,8H2,1-3H3,(H,17,19). The maximum atomic E-state index is 11.8. The van der Waals surface area contributed by atoms with Crippen molar-refractivity contribution in [1.82, 2.24) is 4.90 Å². The Hall–Kier alpha value is -2.34. The van der Waals surface area contributed by atoms with E-state index in [4.69, 9.17) is 4.42 Å². The highest BCUT2D eigenvalue weighted by molar-refractivity contribution is 5.92. The Kier molecular flexibility index (Phi) is 4.82. The van der Waals surface area contributed by atoms with Crippen molar-refractivity contribution in [3.63, 3.8) is 0 Å². The molecule has 2 aromatic rings. The second-order valence-electron chi connectivity index (χ2n) is 5.53. The van der Waals surface area contributed by atoms with E-state index in [2.05, 4.69) is 10.2 Å². The highest BCUT2D eigenvalue weighted by Gasteiger charge is 2.12. The van der Waals surface area contributed by atoms with Gasteiger partial charge in [-0.15, -0.1) is 0 Å². The average Bonchev–Trinajstić information content (AvgIpc) is 2.42. The zero-order valence-electron chi connectivity index (χ0n) is 13.0. The Morgan fingerprint density at radius 1 is 1.36 bits per heavy atom. The molecule has 0 fully saturated rings. The number of anilines is 1. The smallest absolute Gasteiger partial charge is 0.360 e. The molecule has 2 rings (SSSR count). The van der Waals surface area contributed by atoms with Crippen LogP contribution in [-0.2, 0) is 11.2 Å². The molecule has 0 bridgehead atoms. The van der Waals surface area contributed by atoms with Gasteiger partial charge in [-0.3, -0.25) is 4.79 Å². The molecule has 1 heterocycles. The van der Waals surface area contributed by atoms with Crippen LogP contribution in [0.25, 0.3) is 11.0 Å². The van der Waals surface area contributed by atoms with E-state index in [1.165, 1.54) is 13.0 Å². The minimum absolute atomic E-state index is 0.0114. The predicted molar refractivity (Wildman–Crippen MR) is 85.3 cm³/mol. The number of fused-ring (bicyclic) bond motifs is 1. The predicted octanol–water partition coefficient (Wildman–Crippen LogP) is 1.95. The summed E-state index contributed by atoms with van der Waals surface area (Å²) < 4.78 is 5.16. The van der Waals surface area contributed by atoms with Crippen LogP contribution < -0.4 is 10.9 Å². The summed E-state index contributed by atoms with van der Waals surface area (Å²) in [6.45, 7) is 2.22. The summed E-state index contributed by atoms with van der Waals surface area (Å²) in [6, 6.07) is 5.09. The maximum Gasteiger partial charge on any atom is 0.360 e. The molecule has 0 spiro atoms. The number of benzene rings is 1.